The summed E-state index contributed by atoms with van der Waals surface area (Å²) in [5.74, 6) is 0.840. The molecular formula is C18H22N2O. The Morgan fingerprint density at radius 2 is 2.05 bits per heavy atom. The van der Waals surface area contributed by atoms with Crippen LogP contribution in [-0.2, 0) is 6.42 Å². The molecule has 0 saturated heterocycles. The number of fused-ring (bicyclic) bond motifs is 1. The van der Waals surface area contributed by atoms with Gasteiger partial charge < -0.3 is 15.4 Å². The lowest BCUT2D eigenvalue weighted by Gasteiger charge is -2.32. The molecule has 3 nitrogen and oxygen atoms in total. The number of rotatable bonds is 3. The third-order valence-corrected chi connectivity index (χ3v) is 3.89. The van der Waals surface area contributed by atoms with Crippen molar-refractivity contribution in [2.24, 2.45) is 0 Å². The summed E-state index contributed by atoms with van der Waals surface area (Å²) in [4.78, 5) is 2.34. The summed E-state index contributed by atoms with van der Waals surface area (Å²) in [5.41, 5.74) is 11.9. The number of anilines is 3. The Morgan fingerprint density at radius 1 is 1.19 bits per heavy atom. The Balaban J connectivity index is 2.02. The Morgan fingerprint density at radius 3 is 2.86 bits per heavy atom. The third-order valence-electron chi connectivity index (χ3n) is 3.89. The van der Waals surface area contributed by atoms with Crippen LogP contribution >= 0.6 is 0 Å². The topological polar surface area (TPSA) is 38.5 Å². The first-order valence-corrected chi connectivity index (χ1v) is 7.58. The summed E-state index contributed by atoms with van der Waals surface area (Å²) < 4.78 is 5.62. The molecule has 1 heterocycles. The van der Waals surface area contributed by atoms with Crippen molar-refractivity contribution in [2.45, 2.75) is 26.7 Å². The molecule has 2 aromatic rings. The van der Waals surface area contributed by atoms with Crippen molar-refractivity contribution in [1.29, 1.82) is 0 Å². The van der Waals surface area contributed by atoms with Crippen LogP contribution in [0.2, 0.25) is 0 Å². The molecule has 1 aliphatic rings. The fourth-order valence-corrected chi connectivity index (χ4v) is 3.01. The molecular weight excluding hydrogens is 260 g/mol. The number of hydrogen-bond acceptors (Lipinski definition) is 3. The number of aryl methyl sites for hydroxylation is 2. The van der Waals surface area contributed by atoms with Crippen molar-refractivity contribution < 1.29 is 4.74 Å². The van der Waals surface area contributed by atoms with Crippen LogP contribution in [0.25, 0.3) is 0 Å². The number of nitrogens with zero attached hydrogens (tertiary/aromatic N) is 1. The van der Waals surface area contributed by atoms with Gasteiger partial charge in [-0.25, -0.2) is 0 Å². The summed E-state index contributed by atoms with van der Waals surface area (Å²) in [7, 11) is 0. The van der Waals surface area contributed by atoms with Gasteiger partial charge in [0.15, 0.2) is 0 Å². The highest BCUT2D eigenvalue weighted by Crippen LogP contribution is 2.36. The highest BCUT2D eigenvalue weighted by Gasteiger charge is 2.19. The van der Waals surface area contributed by atoms with E-state index < -0.39 is 0 Å². The summed E-state index contributed by atoms with van der Waals surface area (Å²) in [6, 6.07) is 12.7. The lowest BCUT2D eigenvalue weighted by molar-refractivity contribution is 0.340. The van der Waals surface area contributed by atoms with Crippen molar-refractivity contribution >= 4 is 17.1 Å². The minimum Gasteiger partial charge on any atom is -0.494 e. The Hall–Kier alpha value is -2.16. The van der Waals surface area contributed by atoms with Gasteiger partial charge in [0.1, 0.15) is 5.75 Å². The van der Waals surface area contributed by atoms with Gasteiger partial charge in [-0.3, -0.25) is 0 Å². The SMILES string of the molecule is CCOc1cc(N)cc(N2CCCc3cc(C)ccc32)c1. The van der Waals surface area contributed by atoms with Gasteiger partial charge in [0.25, 0.3) is 0 Å². The normalized spacial score (nSPS) is 13.9. The predicted molar refractivity (Wildman–Crippen MR) is 88.5 cm³/mol. The van der Waals surface area contributed by atoms with E-state index in [1.54, 1.807) is 0 Å². The van der Waals surface area contributed by atoms with E-state index in [0.29, 0.717) is 6.61 Å². The molecule has 0 atom stereocenters. The van der Waals surface area contributed by atoms with Gasteiger partial charge in [-0.2, -0.15) is 0 Å². The van der Waals surface area contributed by atoms with E-state index in [2.05, 4.69) is 36.1 Å². The van der Waals surface area contributed by atoms with Crippen LogP contribution < -0.4 is 15.4 Å². The molecule has 110 valence electrons. The molecule has 0 saturated carbocycles. The summed E-state index contributed by atoms with van der Waals surface area (Å²) in [6.07, 6.45) is 2.31. The Bertz CT molecular complexity index is 652. The molecule has 0 unspecified atom stereocenters. The summed E-state index contributed by atoms with van der Waals surface area (Å²) in [5, 5.41) is 0. The zero-order chi connectivity index (χ0) is 14.8. The van der Waals surface area contributed by atoms with E-state index in [-0.39, 0.29) is 0 Å². The van der Waals surface area contributed by atoms with Gasteiger partial charge >= 0.3 is 0 Å². The molecule has 0 spiro atoms. The maximum absolute atomic E-state index is 6.03. The second-order valence-corrected chi connectivity index (χ2v) is 5.58. The van der Waals surface area contributed by atoms with Crippen LogP contribution in [0.1, 0.15) is 24.5 Å². The van der Waals surface area contributed by atoms with E-state index >= 15 is 0 Å². The van der Waals surface area contributed by atoms with Gasteiger partial charge in [0.05, 0.1) is 6.61 Å². The lowest BCUT2D eigenvalue weighted by Crippen LogP contribution is -2.24. The molecule has 0 aliphatic carbocycles. The van der Waals surface area contributed by atoms with Crippen LogP contribution in [0.3, 0.4) is 0 Å². The first-order valence-electron chi connectivity index (χ1n) is 7.58. The quantitative estimate of drug-likeness (QED) is 0.863. The molecule has 21 heavy (non-hydrogen) atoms. The second kappa shape index (κ2) is 5.68. The zero-order valence-corrected chi connectivity index (χ0v) is 12.7. The summed E-state index contributed by atoms with van der Waals surface area (Å²) in [6.45, 7) is 5.80. The largest absolute Gasteiger partial charge is 0.494 e. The highest BCUT2D eigenvalue weighted by molar-refractivity contribution is 5.72. The standard InChI is InChI=1S/C18H22N2O/c1-3-21-17-11-15(19)10-16(12-17)20-8-4-5-14-9-13(2)6-7-18(14)20/h6-7,9-12H,3-5,8,19H2,1-2H3. The maximum Gasteiger partial charge on any atom is 0.123 e. The van der Waals surface area contributed by atoms with E-state index in [0.717, 1.165) is 36.5 Å². The van der Waals surface area contributed by atoms with E-state index in [9.17, 15) is 0 Å². The Kier molecular flexibility index (Phi) is 3.74. The number of benzene rings is 2. The smallest absolute Gasteiger partial charge is 0.123 e. The number of hydrogen-bond donors (Lipinski definition) is 1. The Labute approximate surface area is 126 Å². The van der Waals surface area contributed by atoms with Crippen molar-refractivity contribution in [3.05, 3.63) is 47.5 Å². The van der Waals surface area contributed by atoms with Crippen molar-refractivity contribution in [2.75, 3.05) is 23.8 Å². The van der Waals surface area contributed by atoms with Crippen molar-refractivity contribution in [1.82, 2.24) is 0 Å². The number of nitrogen functional groups attached to an aromatic ring is 1. The van der Waals surface area contributed by atoms with Gasteiger partial charge in [-0.1, -0.05) is 17.7 Å². The molecule has 2 aromatic carbocycles. The number of ether oxygens (including phenoxy) is 1. The van der Waals surface area contributed by atoms with Crippen LogP contribution in [0.15, 0.2) is 36.4 Å². The first kappa shape index (κ1) is 13.8. The van der Waals surface area contributed by atoms with Crippen LogP contribution in [-0.4, -0.2) is 13.2 Å². The predicted octanol–water partition coefficient (Wildman–Crippen LogP) is 4.06. The van der Waals surface area contributed by atoms with E-state index in [1.807, 2.05) is 19.1 Å². The molecule has 2 N–H and O–H groups in total. The van der Waals surface area contributed by atoms with E-state index in [1.165, 1.54) is 16.8 Å². The minimum absolute atomic E-state index is 0.651. The summed E-state index contributed by atoms with van der Waals surface area (Å²) >= 11 is 0. The lowest BCUT2D eigenvalue weighted by atomic mass is 9.99. The molecule has 0 radical (unpaired) electrons. The number of nitrogens with two attached hydrogens (primary N) is 1. The average molecular weight is 282 g/mol. The molecule has 0 fully saturated rings. The zero-order valence-electron chi connectivity index (χ0n) is 12.7. The molecule has 0 bridgehead atoms. The van der Waals surface area contributed by atoms with Crippen molar-refractivity contribution in [3.8, 4) is 5.75 Å². The van der Waals surface area contributed by atoms with Crippen molar-refractivity contribution in [3.63, 3.8) is 0 Å². The van der Waals surface area contributed by atoms with Gasteiger partial charge in [-0.15, -0.1) is 0 Å². The van der Waals surface area contributed by atoms with E-state index in [4.69, 9.17) is 10.5 Å². The van der Waals surface area contributed by atoms with Gasteiger partial charge in [0, 0.05) is 35.7 Å². The van der Waals surface area contributed by atoms with Crippen LogP contribution in [0, 0.1) is 6.92 Å². The van der Waals surface area contributed by atoms with Crippen LogP contribution in [0.5, 0.6) is 5.75 Å². The molecule has 0 amide bonds. The maximum atomic E-state index is 6.03. The minimum atomic E-state index is 0.651. The van der Waals surface area contributed by atoms with Gasteiger partial charge in [-0.05, 0) is 44.4 Å². The fraction of sp³-hybridized carbons (Fsp3) is 0.333. The highest BCUT2D eigenvalue weighted by atomic mass is 16.5. The molecule has 1 aliphatic heterocycles. The second-order valence-electron chi connectivity index (χ2n) is 5.58. The molecule has 3 heteroatoms. The fourth-order valence-electron chi connectivity index (χ4n) is 3.01. The average Bonchev–Trinajstić information content (AvgIpc) is 2.46. The first-order chi connectivity index (χ1) is 10.2. The molecule has 3 rings (SSSR count). The van der Waals surface area contributed by atoms with Crippen LogP contribution in [0.4, 0.5) is 17.1 Å². The van der Waals surface area contributed by atoms with Gasteiger partial charge in [0.2, 0.25) is 0 Å². The monoisotopic (exact) mass is 282 g/mol. The third kappa shape index (κ3) is 2.82. The molecule has 0 aromatic heterocycles.